The van der Waals surface area contributed by atoms with E-state index >= 15 is 0 Å². The van der Waals surface area contributed by atoms with Gasteiger partial charge in [0, 0.05) is 17.1 Å². The average Bonchev–Trinajstić information content (AvgIpc) is 2.67. The van der Waals surface area contributed by atoms with Crippen LogP contribution in [0, 0.1) is 12.7 Å². The summed E-state index contributed by atoms with van der Waals surface area (Å²) in [6.07, 6.45) is 5.45. The van der Waals surface area contributed by atoms with Crippen molar-refractivity contribution in [1.82, 2.24) is 4.98 Å². The Morgan fingerprint density at radius 1 is 1.41 bits per heavy atom. The molecular weight excluding hydrogens is 221 g/mol. The first-order valence-corrected chi connectivity index (χ1v) is 5.31. The third-order valence-electron chi connectivity index (χ3n) is 2.57. The van der Waals surface area contributed by atoms with Gasteiger partial charge in [0.1, 0.15) is 12.4 Å². The number of benzene rings is 1. The van der Waals surface area contributed by atoms with Gasteiger partial charge in [0.15, 0.2) is 0 Å². The lowest BCUT2D eigenvalue weighted by atomic mass is 10.1. The Kier molecular flexibility index (Phi) is 3.56. The van der Waals surface area contributed by atoms with Crippen LogP contribution in [0.3, 0.4) is 0 Å². The summed E-state index contributed by atoms with van der Waals surface area (Å²) in [6.45, 7) is 2.27. The Balaban J connectivity index is 2.36. The smallest absolute Gasteiger partial charge is 0.124 e. The molecule has 0 spiro atoms. The van der Waals surface area contributed by atoms with E-state index in [2.05, 4.69) is 9.87 Å². The highest BCUT2D eigenvalue weighted by molar-refractivity contribution is 5.90. The summed E-state index contributed by atoms with van der Waals surface area (Å²) in [7, 11) is 1.45. The zero-order valence-corrected chi connectivity index (χ0v) is 9.79. The molecule has 90 valence electrons. The van der Waals surface area contributed by atoms with E-state index in [0.29, 0.717) is 6.61 Å². The van der Waals surface area contributed by atoms with Gasteiger partial charge in [-0.3, -0.25) is 0 Å². The summed E-state index contributed by atoms with van der Waals surface area (Å²) in [4.78, 5) is 12.3. The fraction of sp³-hybridized carbons (Fsp3) is 0.231. The third-order valence-corrected chi connectivity index (χ3v) is 2.57. The Labute approximate surface area is 98.8 Å². The number of hydrogen-bond acceptors (Lipinski definition) is 2. The zero-order chi connectivity index (χ0) is 12.3. The van der Waals surface area contributed by atoms with Gasteiger partial charge in [0.05, 0.1) is 12.6 Å². The van der Waals surface area contributed by atoms with E-state index in [1.807, 2.05) is 13.1 Å². The molecule has 1 aromatic heterocycles. The van der Waals surface area contributed by atoms with Gasteiger partial charge in [0.2, 0.25) is 0 Å². The van der Waals surface area contributed by atoms with E-state index in [1.54, 1.807) is 12.2 Å². The number of rotatable bonds is 4. The van der Waals surface area contributed by atoms with Crippen molar-refractivity contribution in [2.24, 2.45) is 0 Å². The second kappa shape index (κ2) is 5.12. The molecule has 0 bridgehead atoms. The number of nitrogens with one attached hydrogen (secondary N) is 1. The average molecular weight is 235 g/mol. The summed E-state index contributed by atoms with van der Waals surface area (Å²) in [6, 6.07) is 3.02. The number of aromatic amines is 1. The molecular formula is C13H14FNO2. The van der Waals surface area contributed by atoms with Crippen LogP contribution in [0.2, 0.25) is 0 Å². The van der Waals surface area contributed by atoms with Gasteiger partial charge in [0.25, 0.3) is 0 Å². The Morgan fingerprint density at radius 2 is 2.24 bits per heavy atom. The maximum Gasteiger partial charge on any atom is 0.124 e. The molecule has 0 aliphatic heterocycles. The fourth-order valence-corrected chi connectivity index (χ4v) is 1.77. The van der Waals surface area contributed by atoms with Gasteiger partial charge < -0.3 is 4.98 Å². The highest BCUT2D eigenvalue weighted by atomic mass is 19.1. The van der Waals surface area contributed by atoms with E-state index in [4.69, 9.17) is 4.89 Å². The topological polar surface area (TPSA) is 34.2 Å². The van der Waals surface area contributed by atoms with Crippen molar-refractivity contribution in [3.8, 4) is 0 Å². The van der Waals surface area contributed by atoms with Crippen LogP contribution in [-0.2, 0) is 9.78 Å². The number of halogens is 1. The molecule has 0 saturated carbocycles. The molecule has 1 heterocycles. The van der Waals surface area contributed by atoms with Crippen LogP contribution in [0.5, 0.6) is 0 Å². The van der Waals surface area contributed by atoms with Gasteiger partial charge in [-0.15, -0.1) is 0 Å². The maximum atomic E-state index is 13.4. The number of aryl methyl sites for hydroxylation is 1. The third kappa shape index (κ3) is 2.54. The lowest BCUT2D eigenvalue weighted by Gasteiger charge is -1.99. The molecule has 4 heteroatoms. The molecule has 0 aliphatic rings. The number of fused-ring (bicyclic) bond motifs is 1. The molecule has 3 nitrogen and oxygen atoms in total. The van der Waals surface area contributed by atoms with Crippen LogP contribution in [0.15, 0.2) is 24.4 Å². The van der Waals surface area contributed by atoms with Crippen molar-refractivity contribution < 1.29 is 14.2 Å². The maximum absolute atomic E-state index is 13.4. The number of hydrogen-bond donors (Lipinski definition) is 1. The van der Waals surface area contributed by atoms with Crippen molar-refractivity contribution in [3.05, 3.63) is 41.3 Å². The monoisotopic (exact) mass is 235 g/mol. The van der Waals surface area contributed by atoms with E-state index < -0.39 is 0 Å². The first kappa shape index (κ1) is 11.8. The Hall–Kier alpha value is -1.65. The lowest BCUT2D eigenvalue weighted by molar-refractivity contribution is -0.263. The van der Waals surface area contributed by atoms with Crippen molar-refractivity contribution in [3.63, 3.8) is 0 Å². The highest BCUT2D eigenvalue weighted by Gasteiger charge is 2.05. The molecule has 0 radical (unpaired) electrons. The molecule has 0 amide bonds. The second-order valence-electron chi connectivity index (χ2n) is 3.74. The van der Waals surface area contributed by atoms with Crippen LogP contribution in [-0.4, -0.2) is 18.7 Å². The molecule has 0 unspecified atom stereocenters. The first-order chi connectivity index (χ1) is 8.22. The van der Waals surface area contributed by atoms with E-state index in [0.717, 1.165) is 22.0 Å². The summed E-state index contributed by atoms with van der Waals surface area (Å²) in [5.41, 5.74) is 2.76. The van der Waals surface area contributed by atoms with Crippen LogP contribution in [0.25, 0.3) is 17.0 Å². The summed E-state index contributed by atoms with van der Waals surface area (Å²) < 4.78 is 13.4. The highest BCUT2D eigenvalue weighted by Crippen LogP contribution is 2.23. The SMILES string of the molecule is COOC/C=C/c1cc(F)cc2c(C)c[nH]c12. The standard InChI is InChI=1S/C13H14FNO2/c1-9-8-15-13-10(4-3-5-17-16-2)6-11(14)7-12(9)13/h3-4,6-8,15H,5H2,1-2H3/b4-3+. The molecule has 0 fully saturated rings. The minimum atomic E-state index is -0.243. The molecule has 0 atom stereocenters. The lowest BCUT2D eigenvalue weighted by Crippen LogP contribution is -1.88. The molecule has 0 aliphatic carbocycles. The molecule has 17 heavy (non-hydrogen) atoms. The number of aromatic nitrogens is 1. The quantitative estimate of drug-likeness (QED) is 0.501. The molecule has 1 aromatic carbocycles. The number of H-pyrrole nitrogens is 1. The predicted octanol–water partition coefficient (Wildman–Crippen LogP) is 3.21. The van der Waals surface area contributed by atoms with Gasteiger partial charge in [-0.25, -0.2) is 14.2 Å². The van der Waals surface area contributed by atoms with Gasteiger partial charge in [-0.1, -0.05) is 12.2 Å². The minimum Gasteiger partial charge on any atom is -0.360 e. The summed E-state index contributed by atoms with van der Waals surface area (Å²) in [5.74, 6) is -0.243. The molecule has 2 rings (SSSR count). The molecule has 0 saturated heterocycles. The molecule has 2 aromatic rings. The Morgan fingerprint density at radius 3 is 3.00 bits per heavy atom. The van der Waals surface area contributed by atoms with Crippen molar-refractivity contribution >= 4 is 17.0 Å². The van der Waals surface area contributed by atoms with Crippen LogP contribution in [0.4, 0.5) is 4.39 Å². The first-order valence-electron chi connectivity index (χ1n) is 5.31. The minimum absolute atomic E-state index is 0.243. The fourth-order valence-electron chi connectivity index (χ4n) is 1.77. The summed E-state index contributed by atoms with van der Waals surface area (Å²) >= 11 is 0. The van der Waals surface area contributed by atoms with Gasteiger partial charge in [-0.05, 0) is 24.6 Å². The Bertz CT molecular complexity index is 546. The van der Waals surface area contributed by atoms with Crippen LogP contribution < -0.4 is 0 Å². The van der Waals surface area contributed by atoms with Gasteiger partial charge >= 0.3 is 0 Å². The van der Waals surface area contributed by atoms with Crippen molar-refractivity contribution in [1.29, 1.82) is 0 Å². The van der Waals surface area contributed by atoms with E-state index in [9.17, 15) is 4.39 Å². The zero-order valence-electron chi connectivity index (χ0n) is 9.79. The van der Waals surface area contributed by atoms with E-state index in [1.165, 1.54) is 19.2 Å². The van der Waals surface area contributed by atoms with Gasteiger partial charge in [-0.2, -0.15) is 0 Å². The van der Waals surface area contributed by atoms with E-state index in [-0.39, 0.29) is 5.82 Å². The van der Waals surface area contributed by atoms with Crippen molar-refractivity contribution in [2.75, 3.05) is 13.7 Å². The summed E-state index contributed by atoms with van der Waals surface area (Å²) in [5, 5.41) is 0.900. The molecule has 1 N–H and O–H groups in total. The van der Waals surface area contributed by atoms with Crippen LogP contribution in [0.1, 0.15) is 11.1 Å². The normalized spacial score (nSPS) is 11.7. The predicted molar refractivity (Wildman–Crippen MR) is 65.0 cm³/mol. The largest absolute Gasteiger partial charge is 0.360 e. The van der Waals surface area contributed by atoms with Crippen molar-refractivity contribution in [2.45, 2.75) is 6.92 Å². The second-order valence-corrected chi connectivity index (χ2v) is 3.74. The van der Waals surface area contributed by atoms with Crippen LogP contribution >= 0.6 is 0 Å².